The Bertz CT molecular complexity index is 1150. The lowest BCUT2D eigenvalue weighted by molar-refractivity contribution is 0.0987. The van der Waals surface area contributed by atoms with Gasteiger partial charge in [0.2, 0.25) is 11.8 Å². The molecule has 0 saturated carbocycles. The van der Waals surface area contributed by atoms with E-state index < -0.39 is 0 Å². The van der Waals surface area contributed by atoms with Crippen molar-refractivity contribution in [2.24, 2.45) is 11.5 Å². The first-order chi connectivity index (χ1) is 21.0. The summed E-state index contributed by atoms with van der Waals surface area (Å²) >= 11 is 0. The van der Waals surface area contributed by atoms with Gasteiger partial charge in [0.1, 0.15) is 0 Å². The van der Waals surface area contributed by atoms with Gasteiger partial charge in [-0.3, -0.25) is 9.59 Å². The highest BCUT2D eigenvalue weighted by Gasteiger charge is 2.30. The first kappa shape index (κ1) is 39.6. The molecule has 0 aromatic heterocycles. The van der Waals surface area contributed by atoms with Gasteiger partial charge in [0.25, 0.3) is 0 Å². The van der Waals surface area contributed by atoms with Crippen molar-refractivity contribution in [3.05, 3.63) is 68.8 Å². The highest BCUT2D eigenvalue weighted by atomic mass is 16.1. The van der Waals surface area contributed by atoms with Gasteiger partial charge in [-0.15, -0.1) is 0 Å². The van der Waals surface area contributed by atoms with E-state index in [1.807, 2.05) is 0 Å². The molecule has 4 N–H and O–H groups in total. The normalized spacial score (nSPS) is 12.9. The minimum atomic E-state index is -0.317. The third-order valence-electron chi connectivity index (χ3n) is 9.30. The lowest BCUT2D eigenvalue weighted by Gasteiger charge is -2.30. The smallest absolute Gasteiger partial charge is 0.249 e. The fourth-order valence-corrected chi connectivity index (χ4v) is 6.66. The zero-order chi connectivity index (χ0) is 35.1. The van der Waals surface area contributed by atoms with E-state index in [-0.39, 0.29) is 33.5 Å². The van der Waals surface area contributed by atoms with Crippen LogP contribution in [0.3, 0.4) is 0 Å². The van der Waals surface area contributed by atoms with Crippen LogP contribution in [0.15, 0.2) is 24.3 Å². The molecule has 0 radical (unpaired) electrons. The highest BCUT2D eigenvalue weighted by molar-refractivity contribution is 5.97. The molecule has 0 atom stereocenters. The molecule has 0 aliphatic carbocycles. The third kappa shape index (κ3) is 11.6. The summed E-state index contributed by atoms with van der Waals surface area (Å²) in [6.45, 7) is 26.0. The van der Waals surface area contributed by atoms with Crippen LogP contribution < -0.4 is 11.5 Å². The molecule has 0 aliphatic rings. The van der Waals surface area contributed by atoms with Crippen LogP contribution in [0.4, 0.5) is 0 Å². The number of carbonyl (C=O) groups excluding carboxylic acids is 2. The second-order valence-corrected chi connectivity index (χ2v) is 17.9. The average molecular weight is 633 g/mol. The minimum Gasteiger partial charge on any atom is -0.366 e. The first-order valence-corrected chi connectivity index (χ1v) is 18.0. The Kier molecular flexibility index (Phi) is 13.7. The fraction of sp³-hybridized carbons (Fsp3) is 0.667. The second kappa shape index (κ2) is 16.0. The summed E-state index contributed by atoms with van der Waals surface area (Å²) in [6, 6.07) is 8.94. The van der Waals surface area contributed by atoms with E-state index in [9.17, 15) is 9.59 Å². The fourth-order valence-electron chi connectivity index (χ4n) is 6.66. The molecule has 2 amide bonds. The molecule has 0 bridgehead atoms. The number of aryl methyl sites for hydroxylation is 2. The number of carbonyl (C=O) groups is 2. The number of amides is 2. The van der Waals surface area contributed by atoms with Crippen molar-refractivity contribution in [1.29, 1.82) is 0 Å². The molecule has 4 heteroatoms. The van der Waals surface area contributed by atoms with Crippen LogP contribution in [0.25, 0.3) is 0 Å². The number of benzene rings is 2. The quantitative estimate of drug-likeness (QED) is 0.191. The molecule has 0 saturated heterocycles. The summed E-state index contributed by atoms with van der Waals surface area (Å²) in [6.07, 6.45) is 14.7. The first-order valence-electron chi connectivity index (χ1n) is 18.0. The maximum Gasteiger partial charge on any atom is 0.249 e. The molecule has 0 spiro atoms. The second-order valence-electron chi connectivity index (χ2n) is 17.9. The van der Waals surface area contributed by atoms with Gasteiger partial charge in [-0.2, -0.15) is 0 Å². The largest absolute Gasteiger partial charge is 0.366 e. The van der Waals surface area contributed by atoms with Gasteiger partial charge in [0, 0.05) is 11.1 Å². The van der Waals surface area contributed by atoms with Crippen LogP contribution in [0, 0.1) is 0 Å². The zero-order valence-corrected chi connectivity index (χ0v) is 31.8. The van der Waals surface area contributed by atoms with E-state index in [2.05, 4.69) is 107 Å². The Morgan fingerprint density at radius 1 is 0.413 bits per heavy atom. The highest BCUT2D eigenvalue weighted by Crippen LogP contribution is 2.37. The summed E-state index contributed by atoms with van der Waals surface area (Å²) in [5.74, 6) is -0.635. The number of unbranched alkanes of at least 4 members (excludes halogenated alkanes) is 9. The van der Waals surface area contributed by atoms with E-state index in [4.69, 9.17) is 11.5 Å². The van der Waals surface area contributed by atoms with Gasteiger partial charge >= 0.3 is 0 Å². The van der Waals surface area contributed by atoms with Crippen LogP contribution in [0.5, 0.6) is 0 Å². The Balaban J connectivity index is 1.79. The van der Waals surface area contributed by atoms with Crippen molar-refractivity contribution in [1.82, 2.24) is 0 Å². The topological polar surface area (TPSA) is 86.2 Å². The summed E-state index contributed by atoms with van der Waals surface area (Å²) in [5, 5.41) is 0. The molecule has 2 aromatic carbocycles. The van der Waals surface area contributed by atoms with Crippen molar-refractivity contribution < 1.29 is 9.59 Å². The van der Waals surface area contributed by atoms with Crippen LogP contribution in [-0.2, 0) is 34.5 Å². The van der Waals surface area contributed by atoms with Gasteiger partial charge in [0.15, 0.2) is 0 Å². The molecule has 0 unspecified atom stereocenters. The van der Waals surface area contributed by atoms with Crippen LogP contribution in [-0.4, -0.2) is 11.8 Å². The zero-order valence-electron chi connectivity index (χ0n) is 31.8. The van der Waals surface area contributed by atoms with Crippen LogP contribution in [0.1, 0.15) is 201 Å². The maximum absolute atomic E-state index is 12.5. The minimum absolute atomic E-state index is 0.135. The van der Waals surface area contributed by atoms with Crippen LogP contribution >= 0.6 is 0 Å². The molecule has 46 heavy (non-hydrogen) atoms. The lowest BCUT2D eigenvalue weighted by atomic mass is 9.74. The van der Waals surface area contributed by atoms with Crippen molar-refractivity contribution in [3.8, 4) is 0 Å². The molecule has 2 aromatic rings. The van der Waals surface area contributed by atoms with E-state index in [1.165, 1.54) is 75.3 Å². The Morgan fingerprint density at radius 3 is 0.783 bits per heavy atom. The maximum atomic E-state index is 12.5. The van der Waals surface area contributed by atoms with Gasteiger partial charge in [-0.1, -0.05) is 159 Å². The molecule has 2 rings (SSSR count). The molecular weight excluding hydrogens is 564 g/mol. The Hall–Kier alpha value is -2.62. The summed E-state index contributed by atoms with van der Waals surface area (Å²) in [7, 11) is 0. The number of rotatable bonds is 15. The van der Waals surface area contributed by atoms with E-state index in [0.717, 1.165) is 35.1 Å². The van der Waals surface area contributed by atoms with Crippen molar-refractivity contribution in [2.75, 3.05) is 0 Å². The monoisotopic (exact) mass is 633 g/mol. The van der Waals surface area contributed by atoms with Gasteiger partial charge in [0.05, 0.1) is 0 Å². The molecule has 0 aliphatic heterocycles. The van der Waals surface area contributed by atoms with Gasteiger partial charge in [-0.05, 0) is 80.7 Å². The molecule has 0 fully saturated rings. The third-order valence-corrected chi connectivity index (χ3v) is 9.30. The van der Waals surface area contributed by atoms with E-state index >= 15 is 0 Å². The van der Waals surface area contributed by atoms with Crippen molar-refractivity contribution in [3.63, 3.8) is 0 Å². The van der Waals surface area contributed by atoms with Gasteiger partial charge in [-0.25, -0.2) is 0 Å². The molecule has 4 nitrogen and oxygen atoms in total. The number of primary amides is 2. The van der Waals surface area contributed by atoms with E-state index in [1.54, 1.807) is 0 Å². The predicted molar refractivity (Wildman–Crippen MR) is 198 cm³/mol. The molecule has 258 valence electrons. The molecule has 0 heterocycles. The summed E-state index contributed by atoms with van der Waals surface area (Å²) < 4.78 is 0. The Morgan fingerprint density at radius 2 is 0.609 bits per heavy atom. The van der Waals surface area contributed by atoms with Crippen molar-refractivity contribution in [2.45, 2.75) is 182 Å². The van der Waals surface area contributed by atoms with E-state index in [0.29, 0.717) is 11.1 Å². The predicted octanol–water partition coefficient (Wildman–Crippen LogP) is 10.8. The standard InChI is InChI=1S/C42H68N2O2/c1-39(2,3)31-25-29(26-32(40(4,5)6)35(31)37(43)45)23-21-19-17-15-13-14-16-18-20-22-24-30-27-33(41(7,8)9)36(38(44)46)34(28-30)42(10,11)12/h25-28H,13-24H2,1-12H3,(H2,43,45)(H2,44,46). The van der Waals surface area contributed by atoms with Crippen molar-refractivity contribution >= 4 is 11.8 Å². The number of hydrogen-bond donors (Lipinski definition) is 2. The number of hydrogen-bond acceptors (Lipinski definition) is 2. The SMILES string of the molecule is CC(C)(C)c1cc(CCCCCCCCCCCCc2cc(C(C)(C)C)c(C(N)=O)c(C(C)(C)C)c2)cc(C(C)(C)C)c1C(N)=O. The van der Waals surface area contributed by atoms with Crippen LogP contribution in [0.2, 0.25) is 0 Å². The number of nitrogens with two attached hydrogens (primary N) is 2. The summed E-state index contributed by atoms with van der Waals surface area (Å²) in [4.78, 5) is 25.0. The Labute approximate surface area is 282 Å². The van der Waals surface area contributed by atoms with Gasteiger partial charge < -0.3 is 11.5 Å². The summed E-state index contributed by atoms with van der Waals surface area (Å²) in [5.41, 5.74) is 19.6. The lowest BCUT2D eigenvalue weighted by Crippen LogP contribution is -2.27. The molecular formula is C42H68N2O2. The average Bonchev–Trinajstić information content (AvgIpc) is 2.90.